The number of aliphatic hydroxyl groups is 1. The van der Waals surface area contributed by atoms with Gasteiger partial charge in [-0.1, -0.05) is 11.6 Å². The molecule has 0 bridgehead atoms. The second kappa shape index (κ2) is 5.50. The van der Waals surface area contributed by atoms with Crippen LogP contribution in [0.4, 0.5) is 0 Å². The van der Waals surface area contributed by atoms with E-state index in [9.17, 15) is 0 Å². The van der Waals surface area contributed by atoms with Gasteiger partial charge in [0.05, 0.1) is 17.2 Å². The SMILES string of the molecule is OCCNC(c1ccco1)c1ccc(Cl)s1. The Morgan fingerprint density at radius 3 is 2.88 bits per heavy atom. The van der Waals surface area contributed by atoms with Crippen molar-refractivity contribution >= 4 is 22.9 Å². The predicted molar refractivity (Wildman–Crippen MR) is 65.0 cm³/mol. The second-order valence-electron chi connectivity index (χ2n) is 3.27. The van der Waals surface area contributed by atoms with Gasteiger partial charge < -0.3 is 14.8 Å². The third kappa shape index (κ3) is 2.65. The van der Waals surface area contributed by atoms with Gasteiger partial charge in [-0.05, 0) is 24.3 Å². The minimum Gasteiger partial charge on any atom is -0.467 e. The molecule has 2 aromatic rings. The first kappa shape index (κ1) is 11.7. The number of furan rings is 1. The van der Waals surface area contributed by atoms with E-state index in [0.717, 1.165) is 15.0 Å². The highest BCUT2D eigenvalue weighted by Gasteiger charge is 2.17. The first-order valence-corrected chi connectivity index (χ1v) is 6.13. The molecule has 0 aliphatic heterocycles. The standard InChI is InChI=1S/C11H12ClNO2S/c12-10-4-3-9(16-10)11(13-5-6-14)8-2-1-7-15-8/h1-4,7,11,13-14H,5-6H2. The molecule has 0 spiro atoms. The van der Waals surface area contributed by atoms with Crippen LogP contribution in [0.15, 0.2) is 34.9 Å². The van der Waals surface area contributed by atoms with E-state index in [1.807, 2.05) is 24.3 Å². The van der Waals surface area contributed by atoms with Crippen molar-refractivity contribution in [1.29, 1.82) is 0 Å². The lowest BCUT2D eigenvalue weighted by molar-refractivity contribution is 0.284. The lowest BCUT2D eigenvalue weighted by Gasteiger charge is -2.13. The molecular weight excluding hydrogens is 246 g/mol. The molecule has 0 amide bonds. The molecule has 0 saturated heterocycles. The van der Waals surface area contributed by atoms with Crippen LogP contribution in [0, 0.1) is 0 Å². The molecule has 1 atom stereocenters. The van der Waals surface area contributed by atoms with Gasteiger partial charge in [-0.25, -0.2) is 0 Å². The number of nitrogens with one attached hydrogen (secondary N) is 1. The second-order valence-corrected chi connectivity index (χ2v) is 5.01. The lowest BCUT2D eigenvalue weighted by Crippen LogP contribution is -2.24. The first-order valence-electron chi connectivity index (χ1n) is 4.94. The van der Waals surface area contributed by atoms with Crippen molar-refractivity contribution < 1.29 is 9.52 Å². The van der Waals surface area contributed by atoms with Gasteiger partial charge in [-0.3, -0.25) is 0 Å². The molecule has 1 unspecified atom stereocenters. The number of hydrogen-bond donors (Lipinski definition) is 2. The smallest absolute Gasteiger partial charge is 0.126 e. The molecule has 0 aliphatic carbocycles. The van der Waals surface area contributed by atoms with E-state index >= 15 is 0 Å². The van der Waals surface area contributed by atoms with Gasteiger partial charge in [0.25, 0.3) is 0 Å². The van der Waals surface area contributed by atoms with Gasteiger partial charge in [-0.15, -0.1) is 11.3 Å². The van der Waals surface area contributed by atoms with Crippen LogP contribution >= 0.6 is 22.9 Å². The largest absolute Gasteiger partial charge is 0.467 e. The Balaban J connectivity index is 2.21. The molecule has 0 aromatic carbocycles. The summed E-state index contributed by atoms with van der Waals surface area (Å²) in [6.07, 6.45) is 1.64. The molecule has 0 aliphatic rings. The van der Waals surface area contributed by atoms with Gasteiger partial charge in [0.15, 0.2) is 0 Å². The van der Waals surface area contributed by atoms with E-state index in [2.05, 4.69) is 5.32 Å². The van der Waals surface area contributed by atoms with Crippen molar-refractivity contribution in [2.75, 3.05) is 13.2 Å². The van der Waals surface area contributed by atoms with Crippen LogP contribution < -0.4 is 5.32 Å². The minimum atomic E-state index is -0.0420. The van der Waals surface area contributed by atoms with Gasteiger partial charge in [0.1, 0.15) is 11.8 Å². The topological polar surface area (TPSA) is 45.4 Å². The number of hydrogen-bond acceptors (Lipinski definition) is 4. The third-order valence-corrected chi connectivity index (χ3v) is 3.46. The van der Waals surface area contributed by atoms with Crippen LogP contribution in [-0.4, -0.2) is 18.3 Å². The Labute approximate surface area is 103 Å². The number of aliphatic hydroxyl groups excluding tert-OH is 1. The van der Waals surface area contributed by atoms with Crippen molar-refractivity contribution in [3.8, 4) is 0 Å². The fourth-order valence-corrected chi connectivity index (χ4v) is 2.63. The van der Waals surface area contributed by atoms with Gasteiger partial charge in [0, 0.05) is 11.4 Å². The zero-order valence-corrected chi connectivity index (χ0v) is 10.1. The quantitative estimate of drug-likeness (QED) is 0.866. The van der Waals surface area contributed by atoms with Crippen molar-refractivity contribution in [1.82, 2.24) is 5.32 Å². The molecule has 3 nitrogen and oxygen atoms in total. The Hall–Kier alpha value is -0.810. The summed E-state index contributed by atoms with van der Waals surface area (Å²) < 4.78 is 6.12. The van der Waals surface area contributed by atoms with E-state index in [-0.39, 0.29) is 12.6 Å². The first-order chi connectivity index (χ1) is 7.81. The van der Waals surface area contributed by atoms with Crippen LogP contribution in [0.5, 0.6) is 0 Å². The van der Waals surface area contributed by atoms with Gasteiger partial charge in [0.2, 0.25) is 0 Å². The normalized spacial score (nSPS) is 12.9. The zero-order valence-electron chi connectivity index (χ0n) is 8.52. The van der Waals surface area contributed by atoms with Crippen LogP contribution in [0.2, 0.25) is 4.34 Å². The predicted octanol–water partition coefficient (Wildman–Crippen LogP) is 2.67. The zero-order chi connectivity index (χ0) is 11.4. The average Bonchev–Trinajstić information content (AvgIpc) is 2.91. The summed E-state index contributed by atoms with van der Waals surface area (Å²) in [5, 5.41) is 12.1. The molecular formula is C11H12ClNO2S. The number of thiophene rings is 1. The number of rotatable bonds is 5. The van der Waals surface area contributed by atoms with E-state index in [4.69, 9.17) is 21.1 Å². The summed E-state index contributed by atoms with van der Waals surface area (Å²) >= 11 is 7.42. The molecule has 2 heterocycles. The van der Waals surface area contributed by atoms with E-state index < -0.39 is 0 Å². The van der Waals surface area contributed by atoms with Crippen LogP contribution in [0.1, 0.15) is 16.7 Å². The summed E-state index contributed by atoms with van der Waals surface area (Å²) in [6, 6.07) is 7.53. The highest BCUT2D eigenvalue weighted by molar-refractivity contribution is 7.16. The maximum atomic E-state index is 8.85. The van der Waals surface area contributed by atoms with Crippen molar-refractivity contribution in [2.24, 2.45) is 0 Å². The molecule has 86 valence electrons. The maximum Gasteiger partial charge on any atom is 0.126 e. The summed E-state index contributed by atoms with van der Waals surface area (Å²) in [7, 11) is 0. The monoisotopic (exact) mass is 257 g/mol. The molecule has 2 N–H and O–H groups in total. The lowest BCUT2D eigenvalue weighted by atomic mass is 10.2. The third-order valence-electron chi connectivity index (χ3n) is 2.17. The fourth-order valence-electron chi connectivity index (χ4n) is 1.49. The summed E-state index contributed by atoms with van der Waals surface area (Å²) in [5.41, 5.74) is 0. The van der Waals surface area contributed by atoms with E-state index in [1.165, 1.54) is 11.3 Å². The maximum absolute atomic E-state index is 8.85. The van der Waals surface area contributed by atoms with E-state index in [1.54, 1.807) is 6.26 Å². The summed E-state index contributed by atoms with van der Waals surface area (Å²) in [4.78, 5) is 1.08. The minimum absolute atomic E-state index is 0.0420. The average molecular weight is 258 g/mol. The molecule has 5 heteroatoms. The van der Waals surface area contributed by atoms with Crippen LogP contribution in [0.25, 0.3) is 0 Å². The fraction of sp³-hybridized carbons (Fsp3) is 0.273. The molecule has 2 rings (SSSR count). The van der Waals surface area contributed by atoms with Crippen molar-refractivity contribution in [3.05, 3.63) is 45.5 Å². The Kier molecular flexibility index (Phi) is 4.01. The summed E-state index contributed by atoms with van der Waals surface area (Å²) in [5.74, 6) is 0.826. The van der Waals surface area contributed by atoms with Gasteiger partial charge >= 0.3 is 0 Å². The van der Waals surface area contributed by atoms with Crippen molar-refractivity contribution in [2.45, 2.75) is 6.04 Å². The van der Waals surface area contributed by atoms with Gasteiger partial charge in [-0.2, -0.15) is 0 Å². The molecule has 0 saturated carbocycles. The molecule has 16 heavy (non-hydrogen) atoms. The highest BCUT2D eigenvalue weighted by atomic mass is 35.5. The van der Waals surface area contributed by atoms with E-state index in [0.29, 0.717) is 6.54 Å². The highest BCUT2D eigenvalue weighted by Crippen LogP contribution is 2.31. The Bertz CT molecular complexity index is 427. The number of halogens is 1. The Morgan fingerprint density at radius 1 is 1.44 bits per heavy atom. The summed E-state index contributed by atoms with van der Waals surface area (Å²) in [6.45, 7) is 0.608. The molecule has 0 radical (unpaired) electrons. The molecule has 2 aromatic heterocycles. The molecule has 0 fully saturated rings. The Morgan fingerprint density at radius 2 is 2.31 bits per heavy atom. The van der Waals surface area contributed by atoms with Crippen molar-refractivity contribution in [3.63, 3.8) is 0 Å². The van der Waals surface area contributed by atoms with Crippen LogP contribution in [0.3, 0.4) is 0 Å². The van der Waals surface area contributed by atoms with Crippen LogP contribution in [-0.2, 0) is 0 Å².